The molecule has 1 heterocycles. The molecule has 1 aromatic carbocycles. The molecule has 1 amide bonds. The summed E-state index contributed by atoms with van der Waals surface area (Å²) in [5.74, 6) is 2.19. The number of benzene rings is 1. The number of fused-ring (bicyclic) bond motifs is 1. The van der Waals surface area contributed by atoms with Crippen molar-refractivity contribution in [2.24, 2.45) is 24.8 Å². The summed E-state index contributed by atoms with van der Waals surface area (Å²) >= 11 is 0. The lowest BCUT2D eigenvalue weighted by Crippen LogP contribution is -2.60. The fourth-order valence-corrected chi connectivity index (χ4v) is 6.03. The normalized spacial score (nSPS) is 32.9. The second kappa shape index (κ2) is 5.16. The van der Waals surface area contributed by atoms with E-state index in [1.807, 2.05) is 18.2 Å². The van der Waals surface area contributed by atoms with Crippen molar-refractivity contribution >= 4 is 16.7 Å². The summed E-state index contributed by atoms with van der Waals surface area (Å²) in [6, 6.07) is 7.26. The van der Waals surface area contributed by atoms with E-state index >= 15 is 0 Å². The molecule has 0 radical (unpaired) electrons. The Morgan fingerprint density at radius 2 is 1.64 bits per heavy atom. The number of carbonyl (C=O) groups excluding carboxylic acids is 1. The lowest BCUT2D eigenvalue weighted by Gasteiger charge is -2.56. The zero-order chi connectivity index (χ0) is 17.2. The smallest absolute Gasteiger partial charge is 0.274 e. The number of aryl methyl sites for hydroxylation is 1. The highest BCUT2D eigenvalue weighted by Crippen LogP contribution is 2.55. The molecule has 4 aliphatic rings. The maximum atomic E-state index is 13.1. The number of nitrogens with zero attached hydrogens (tertiary/aromatic N) is 2. The van der Waals surface area contributed by atoms with Gasteiger partial charge in [0.15, 0.2) is 5.69 Å². The van der Waals surface area contributed by atoms with Crippen LogP contribution in [0.5, 0.6) is 0 Å². The van der Waals surface area contributed by atoms with Crippen LogP contribution < -0.4 is 10.9 Å². The monoisotopic (exact) mass is 337 g/mol. The first kappa shape index (κ1) is 15.1. The maximum absolute atomic E-state index is 13.1. The molecule has 0 aliphatic heterocycles. The Morgan fingerprint density at radius 1 is 1.08 bits per heavy atom. The van der Waals surface area contributed by atoms with Gasteiger partial charge < -0.3 is 5.32 Å². The highest BCUT2D eigenvalue weighted by molar-refractivity contribution is 6.05. The first-order valence-electron chi connectivity index (χ1n) is 9.31. The Morgan fingerprint density at radius 3 is 2.24 bits per heavy atom. The number of amides is 1. The lowest BCUT2D eigenvalue weighted by molar-refractivity contribution is -0.0167. The van der Waals surface area contributed by atoms with Gasteiger partial charge in [-0.05, 0) is 62.3 Å². The molecule has 4 fully saturated rings. The van der Waals surface area contributed by atoms with Crippen molar-refractivity contribution in [3.8, 4) is 0 Å². The van der Waals surface area contributed by atoms with Crippen molar-refractivity contribution in [3.05, 3.63) is 40.3 Å². The van der Waals surface area contributed by atoms with E-state index < -0.39 is 0 Å². The van der Waals surface area contributed by atoms with Crippen molar-refractivity contribution in [1.82, 2.24) is 15.1 Å². The van der Waals surface area contributed by atoms with E-state index in [0.29, 0.717) is 16.5 Å². The molecule has 0 unspecified atom stereocenters. The van der Waals surface area contributed by atoms with Gasteiger partial charge in [-0.1, -0.05) is 18.2 Å². The van der Waals surface area contributed by atoms with E-state index in [1.165, 1.54) is 23.9 Å². The van der Waals surface area contributed by atoms with Crippen molar-refractivity contribution in [1.29, 1.82) is 0 Å². The third-order valence-electron chi connectivity index (χ3n) is 6.59. The van der Waals surface area contributed by atoms with Gasteiger partial charge in [-0.2, -0.15) is 5.10 Å². The molecule has 4 bridgehead atoms. The van der Waals surface area contributed by atoms with E-state index in [1.54, 1.807) is 13.1 Å². The van der Waals surface area contributed by atoms with Gasteiger partial charge in [-0.3, -0.25) is 9.59 Å². The SMILES string of the molecule is Cn1nc(C(=O)NC23CC4CC(CC(C4)C2)C3)c2ccccc2c1=O. The summed E-state index contributed by atoms with van der Waals surface area (Å²) in [7, 11) is 1.61. The summed E-state index contributed by atoms with van der Waals surface area (Å²) in [5.41, 5.74) is 0.152. The van der Waals surface area contributed by atoms with Gasteiger partial charge in [0, 0.05) is 18.0 Å². The van der Waals surface area contributed by atoms with Crippen LogP contribution >= 0.6 is 0 Å². The number of rotatable bonds is 2. The van der Waals surface area contributed by atoms with Gasteiger partial charge in [-0.15, -0.1) is 0 Å². The first-order valence-corrected chi connectivity index (χ1v) is 9.31. The molecule has 25 heavy (non-hydrogen) atoms. The predicted octanol–water partition coefficient (Wildman–Crippen LogP) is 2.63. The lowest BCUT2D eigenvalue weighted by atomic mass is 9.53. The minimum atomic E-state index is -0.165. The zero-order valence-electron chi connectivity index (χ0n) is 14.5. The van der Waals surface area contributed by atoms with E-state index in [-0.39, 0.29) is 17.0 Å². The topological polar surface area (TPSA) is 64.0 Å². The summed E-state index contributed by atoms with van der Waals surface area (Å²) in [5, 5.41) is 8.85. The van der Waals surface area contributed by atoms with Crippen LogP contribution in [-0.2, 0) is 7.05 Å². The fraction of sp³-hybridized carbons (Fsp3) is 0.550. The van der Waals surface area contributed by atoms with Crippen LogP contribution in [0.25, 0.3) is 10.8 Å². The van der Waals surface area contributed by atoms with E-state index in [4.69, 9.17) is 0 Å². The van der Waals surface area contributed by atoms with Gasteiger partial charge in [0.2, 0.25) is 0 Å². The van der Waals surface area contributed by atoms with Crippen molar-refractivity contribution in [3.63, 3.8) is 0 Å². The molecule has 0 spiro atoms. The summed E-state index contributed by atoms with van der Waals surface area (Å²) in [6.45, 7) is 0. The Balaban J connectivity index is 1.52. The van der Waals surface area contributed by atoms with Gasteiger partial charge >= 0.3 is 0 Å². The molecule has 4 aliphatic carbocycles. The maximum Gasteiger partial charge on any atom is 0.274 e. The summed E-state index contributed by atoms with van der Waals surface area (Å²) in [4.78, 5) is 25.4. The summed E-state index contributed by atoms with van der Waals surface area (Å²) in [6.07, 6.45) is 7.35. The largest absolute Gasteiger partial charge is 0.345 e. The Kier molecular flexibility index (Phi) is 3.12. The predicted molar refractivity (Wildman–Crippen MR) is 95.4 cm³/mol. The van der Waals surface area contributed by atoms with E-state index in [2.05, 4.69) is 10.4 Å². The second-order valence-corrected chi connectivity index (χ2v) is 8.47. The number of hydrogen-bond donors (Lipinski definition) is 1. The number of nitrogens with one attached hydrogen (secondary N) is 1. The van der Waals surface area contributed by atoms with Crippen LogP contribution in [0.1, 0.15) is 49.0 Å². The number of hydrogen-bond acceptors (Lipinski definition) is 3. The van der Waals surface area contributed by atoms with Gasteiger partial charge in [0.25, 0.3) is 11.5 Å². The van der Waals surface area contributed by atoms with Crippen LogP contribution in [0.4, 0.5) is 0 Å². The van der Waals surface area contributed by atoms with Crippen molar-refractivity contribution in [2.75, 3.05) is 0 Å². The molecule has 2 aromatic rings. The number of carbonyl (C=O) groups is 1. The van der Waals surface area contributed by atoms with Gasteiger partial charge in [-0.25, -0.2) is 4.68 Å². The van der Waals surface area contributed by atoms with Gasteiger partial charge in [0.05, 0.1) is 5.39 Å². The highest BCUT2D eigenvalue weighted by atomic mass is 16.2. The van der Waals surface area contributed by atoms with Crippen LogP contribution in [-0.4, -0.2) is 21.2 Å². The molecule has 4 saturated carbocycles. The van der Waals surface area contributed by atoms with Crippen molar-refractivity contribution < 1.29 is 4.79 Å². The van der Waals surface area contributed by atoms with Crippen LogP contribution in [0.2, 0.25) is 0 Å². The quantitative estimate of drug-likeness (QED) is 0.916. The Labute approximate surface area is 146 Å². The average Bonchev–Trinajstić information content (AvgIpc) is 2.56. The standard InChI is InChI=1S/C20H23N3O2/c1-23-19(25)16-5-3-2-4-15(16)17(22-23)18(24)21-20-9-12-6-13(10-20)8-14(7-12)11-20/h2-5,12-14H,6-11H2,1H3,(H,21,24). The highest BCUT2D eigenvalue weighted by Gasteiger charge is 2.51. The molecule has 130 valence electrons. The van der Waals surface area contributed by atoms with Crippen LogP contribution in [0, 0.1) is 17.8 Å². The molecular weight excluding hydrogens is 314 g/mol. The molecule has 1 N–H and O–H groups in total. The van der Waals surface area contributed by atoms with Crippen molar-refractivity contribution in [2.45, 2.75) is 44.1 Å². The Hall–Kier alpha value is -2.17. The molecular formula is C20H23N3O2. The molecule has 0 saturated heterocycles. The molecule has 5 heteroatoms. The zero-order valence-corrected chi connectivity index (χ0v) is 14.5. The molecule has 0 atom stereocenters. The minimum absolute atomic E-state index is 0.0523. The second-order valence-electron chi connectivity index (χ2n) is 8.47. The average molecular weight is 337 g/mol. The summed E-state index contributed by atoms with van der Waals surface area (Å²) < 4.78 is 1.27. The Bertz CT molecular complexity index is 895. The molecule has 6 rings (SSSR count). The van der Waals surface area contributed by atoms with Crippen LogP contribution in [0.3, 0.4) is 0 Å². The first-order chi connectivity index (χ1) is 12.0. The van der Waals surface area contributed by atoms with Gasteiger partial charge in [0.1, 0.15) is 0 Å². The fourth-order valence-electron chi connectivity index (χ4n) is 6.03. The minimum Gasteiger partial charge on any atom is -0.345 e. The third kappa shape index (κ3) is 2.32. The van der Waals surface area contributed by atoms with Crippen LogP contribution in [0.15, 0.2) is 29.1 Å². The van der Waals surface area contributed by atoms with E-state index in [9.17, 15) is 9.59 Å². The number of aromatic nitrogens is 2. The molecule has 5 nitrogen and oxygen atoms in total. The third-order valence-corrected chi connectivity index (χ3v) is 6.59. The van der Waals surface area contributed by atoms with E-state index in [0.717, 1.165) is 37.0 Å². The molecule has 1 aromatic heterocycles.